The minimum Gasteiger partial charge on any atom is -0.506 e. The highest BCUT2D eigenvalue weighted by molar-refractivity contribution is 5.87. The van der Waals surface area contributed by atoms with Gasteiger partial charge in [-0.3, -0.25) is 9.48 Å². The van der Waals surface area contributed by atoms with Crippen LogP contribution >= 0.6 is 0 Å². The number of hydrogen-bond donors (Lipinski definition) is 2. The van der Waals surface area contributed by atoms with Crippen molar-refractivity contribution in [2.24, 2.45) is 0 Å². The molecule has 0 spiro atoms. The molecule has 0 aliphatic carbocycles. The molecule has 0 fully saturated rings. The van der Waals surface area contributed by atoms with Crippen molar-refractivity contribution in [1.82, 2.24) is 9.78 Å². The fraction of sp³-hybridized carbons (Fsp3) is 0.273. The lowest BCUT2D eigenvalue weighted by Gasteiger charge is -2.02. The van der Waals surface area contributed by atoms with Gasteiger partial charge in [-0.1, -0.05) is 12.1 Å². The molecule has 0 aliphatic heterocycles. The van der Waals surface area contributed by atoms with Crippen LogP contribution in [0.5, 0.6) is 5.75 Å². The number of aromatic nitrogens is 2. The van der Waals surface area contributed by atoms with Crippen LogP contribution in [0.1, 0.15) is 12.1 Å². The zero-order valence-corrected chi connectivity index (χ0v) is 8.84. The van der Waals surface area contributed by atoms with Gasteiger partial charge >= 0.3 is 5.97 Å². The summed E-state index contributed by atoms with van der Waals surface area (Å²) in [4.78, 5) is 10.5. The first-order chi connectivity index (χ1) is 7.59. The number of carboxylic acid groups (broad SMARTS) is 1. The Hall–Kier alpha value is -2.04. The summed E-state index contributed by atoms with van der Waals surface area (Å²) in [5.74, 6) is -0.750. The molecule has 16 heavy (non-hydrogen) atoms. The number of fused-ring (bicyclic) bond motifs is 1. The molecule has 1 aromatic carbocycles. The average Bonchev–Trinajstić information content (AvgIpc) is 2.55. The number of aryl methyl sites for hydroxylation is 2. The zero-order valence-electron chi connectivity index (χ0n) is 8.84. The molecule has 2 rings (SSSR count). The van der Waals surface area contributed by atoms with E-state index in [0.29, 0.717) is 5.52 Å². The number of carbonyl (C=O) groups is 1. The highest BCUT2D eigenvalue weighted by atomic mass is 16.4. The van der Waals surface area contributed by atoms with Crippen molar-refractivity contribution in [3.05, 3.63) is 23.9 Å². The number of hydrogen-bond acceptors (Lipinski definition) is 3. The van der Waals surface area contributed by atoms with Crippen LogP contribution in [0, 0.1) is 6.92 Å². The fourth-order valence-corrected chi connectivity index (χ4v) is 1.74. The van der Waals surface area contributed by atoms with Gasteiger partial charge in [0, 0.05) is 5.39 Å². The minimum absolute atomic E-state index is 0.00937. The number of phenolic OH excluding ortho intramolecular Hbond substituents is 1. The summed E-state index contributed by atoms with van der Waals surface area (Å²) in [6, 6.07) is 5.17. The largest absolute Gasteiger partial charge is 0.506 e. The molecule has 0 bridgehead atoms. The molecule has 2 N–H and O–H groups in total. The van der Waals surface area contributed by atoms with Gasteiger partial charge in [0.1, 0.15) is 11.3 Å². The van der Waals surface area contributed by atoms with Crippen LogP contribution < -0.4 is 0 Å². The van der Waals surface area contributed by atoms with E-state index in [9.17, 15) is 9.90 Å². The Morgan fingerprint density at radius 2 is 2.25 bits per heavy atom. The predicted molar refractivity (Wildman–Crippen MR) is 58.4 cm³/mol. The lowest BCUT2D eigenvalue weighted by atomic mass is 10.2. The van der Waals surface area contributed by atoms with Crippen LogP contribution in [-0.4, -0.2) is 26.0 Å². The van der Waals surface area contributed by atoms with E-state index in [-0.39, 0.29) is 18.7 Å². The van der Waals surface area contributed by atoms with Gasteiger partial charge in [0.15, 0.2) is 0 Å². The molecule has 0 atom stereocenters. The summed E-state index contributed by atoms with van der Waals surface area (Å²) in [6.45, 7) is 2.09. The van der Waals surface area contributed by atoms with Gasteiger partial charge in [0.25, 0.3) is 0 Å². The molecule has 5 nitrogen and oxygen atoms in total. The molecule has 84 valence electrons. The molecule has 2 aromatic rings. The van der Waals surface area contributed by atoms with Crippen molar-refractivity contribution in [3.63, 3.8) is 0 Å². The van der Waals surface area contributed by atoms with Gasteiger partial charge in [0.05, 0.1) is 18.7 Å². The standard InChI is InChI=1S/C11H12N2O3/c1-7-8-3-2-4-9(14)11(8)13(12-7)6-5-10(15)16/h2-4,14H,5-6H2,1H3,(H,15,16). The van der Waals surface area contributed by atoms with Gasteiger partial charge in [0.2, 0.25) is 0 Å². The SMILES string of the molecule is Cc1nn(CCC(=O)O)c2c(O)cccc12. The Kier molecular flexibility index (Phi) is 2.52. The highest BCUT2D eigenvalue weighted by Crippen LogP contribution is 2.26. The summed E-state index contributed by atoms with van der Waals surface area (Å²) >= 11 is 0. The van der Waals surface area contributed by atoms with Crippen molar-refractivity contribution in [2.45, 2.75) is 19.9 Å². The number of rotatable bonds is 3. The van der Waals surface area contributed by atoms with Crippen molar-refractivity contribution < 1.29 is 15.0 Å². The Morgan fingerprint density at radius 1 is 1.50 bits per heavy atom. The maximum Gasteiger partial charge on any atom is 0.305 e. The summed E-state index contributed by atoms with van der Waals surface area (Å²) < 4.78 is 1.54. The van der Waals surface area contributed by atoms with Crippen LogP contribution in [0.3, 0.4) is 0 Å². The second kappa shape index (κ2) is 3.84. The van der Waals surface area contributed by atoms with Crippen LogP contribution in [0.15, 0.2) is 18.2 Å². The third kappa shape index (κ3) is 1.71. The maximum absolute atomic E-state index is 10.5. The first-order valence-corrected chi connectivity index (χ1v) is 4.96. The fourth-order valence-electron chi connectivity index (χ4n) is 1.74. The van der Waals surface area contributed by atoms with Crippen molar-refractivity contribution >= 4 is 16.9 Å². The third-order valence-corrected chi connectivity index (χ3v) is 2.47. The molecule has 0 unspecified atom stereocenters. The monoisotopic (exact) mass is 220 g/mol. The summed E-state index contributed by atoms with van der Waals surface area (Å²) in [5, 5.41) is 23.4. The van der Waals surface area contributed by atoms with Crippen LogP contribution in [0.2, 0.25) is 0 Å². The van der Waals surface area contributed by atoms with E-state index < -0.39 is 5.97 Å². The van der Waals surface area contributed by atoms with E-state index in [2.05, 4.69) is 5.10 Å². The summed E-state index contributed by atoms with van der Waals surface area (Å²) in [5.41, 5.74) is 1.39. The van der Waals surface area contributed by atoms with Gasteiger partial charge in [-0.2, -0.15) is 5.10 Å². The highest BCUT2D eigenvalue weighted by Gasteiger charge is 2.11. The lowest BCUT2D eigenvalue weighted by molar-refractivity contribution is -0.137. The molecular weight excluding hydrogens is 208 g/mol. The van der Waals surface area contributed by atoms with Crippen LogP contribution in [0.4, 0.5) is 0 Å². The van der Waals surface area contributed by atoms with Gasteiger partial charge in [-0.15, -0.1) is 0 Å². The number of benzene rings is 1. The Morgan fingerprint density at radius 3 is 2.94 bits per heavy atom. The number of para-hydroxylation sites is 1. The Balaban J connectivity index is 2.49. The topological polar surface area (TPSA) is 75.4 Å². The average molecular weight is 220 g/mol. The molecule has 5 heteroatoms. The molecule has 1 aromatic heterocycles. The van der Waals surface area contributed by atoms with E-state index >= 15 is 0 Å². The number of phenols is 1. The number of aliphatic carboxylic acids is 1. The van der Waals surface area contributed by atoms with Crippen LogP contribution in [-0.2, 0) is 11.3 Å². The predicted octanol–water partition coefficient (Wildman–Crippen LogP) is 1.53. The lowest BCUT2D eigenvalue weighted by Crippen LogP contribution is -2.05. The van der Waals surface area contributed by atoms with Crippen molar-refractivity contribution in [2.75, 3.05) is 0 Å². The number of carboxylic acids is 1. The Labute approximate surface area is 91.9 Å². The quantitative estimate of drug-likeness (QED) is 0.822. The van der Waals surface area contributed by atoms with E-state index in [1.165, 1.54) is 4.68 Å². The summed E-state index contributed by atoms with van der Waals surface area (Å²) in [7, 11) is 0. The van der Waals surface area contributed by atoms with E-state index in [4.69, 9.17) is 5.11 Å². The van der Waals surface area contributed by atoms with Gasteiger partial charge < -0.3 is 10.2 Å². The van der Waals surface area contributed by atoms with Gasteiger partial charge in [-0.25, -0.2) is 0 Å². The molecule has 0 radical (unpaired) electrons. The molecule has 0 saturated heterocycles. The van der Waals surface area contributed by atoms with Crippen LogP contribution in [0.25, 0.3) is 10.9 Å². The second-order valence-electron chi connectivity index (χ2n) is 3.63. The van der Waals surface area contributed by atoms with E-state index in [0.717, 1.165) is 11.1 Å². The number of aromatic hydroxyl groups is 1. The molecule has 1 heterocycles. The first-order valence-electron chi connectivity index (χ1n) is 4.96. The summed E-state index contributed by atoms with van der Waals surface area (Å²) in [6.07, 6.45) is -0.00937. The van der Waals surface area contributed by atoms with Crippen molar-refractivity contribution in [1.29, 1.82) is 0 Å². The molecular formula is C11H12N2O3. The van der Waals surface area contributed by atoms with E-state index in [1.54, 1.807) is 12.1 Å². The first kappa shape index (κ1) is 10.5. The molecule has 0 saturated carbocycles. The normalized spacial score (nSPS) is 10.8. The van der Waals surface area contributed by atoms with E-state index in [1.807, 2.05) is 13.0 Å². The van der Waals surface area contributed by atoms with Crippen molar-refractivity contribution in [3.8, 4) is 5.75 Å². The number of nitrogens with zero attached hydrogens (tertiary/aromatic N) is 2. The zero-order chi connectivity index (χ0) is 11.7. The second-order valence-corrected chi connectivity index (χ2v) is 3.63. The van der Waals surface area contributed by atoms with Gasteiger partial charge in [-0.05, 0) is 13.0 Å². The smallest absolute Gasteiger partial charge is 0.305 e. The maximum atomic E-state index is 10.5. The third-order valence-electron chi connectivity index (χ3n) is 2.47. The molecule has 0 amide bonds. The molecule has 0 aliphatic rings. The Bertz CT molecular complexity index is 545. The minimum atomic E-state index is -0.878.